The highest BCUT2D eigenvalue weighted by atomic mass is 32.2. The van der Waals surface area contributed by atoms with Crippen molar-refractivity contribution in [2.45, 2.75) is 24.5 Å². The van der Waals surface area contributed by atoms with Crippen LogP contribution < -0.4 is 0 Å². The van der Waals surface area contributed by atoms with Crippen LogP contribution in [0.1, 0.15) is 12.0 Å². The summed E-state index contributed by atoms with van der Waals surface area (Å²) in [5, 5.41) is 21.5. The van der Waals surface area contributed by atoms with Gasteiger partial charge in [-0.2, -0.15) is 4.31 Å². The Morgan fingerprint density at radius 3 is 2.36 bits per heavy atom. The molecule has 2 atom stereocenters. The quantitative estimate of drug-likeness (QED) is 0.653. The average molecular weight is 412 g/mol. The van der Waals surface area contributed by atoms with Gasteiger partial charge in [0, 0.05) is 45.8 Å². The summed E-state index contributed by atoms with van der Waals surface area (Å²) in [4.78, 5) is 16.1. The Labute approximate surface area is 166 Å². The largest absolute Gasteiger partial charge is 0.388 e. The molecule has 1 aromatic rings. The first-order valence-electron chi connectivity index (χ1n) is 9.57. The minimum Gasteiger partial charge on any atom is -0.388 e. The van der Waals surface area contributed by atoms with Crippen molar-refractivity contribution >= 4 is 15.9 Å². The summed E-state index contributed by atoms with van der Waals surface area (Å²) in [7, 11) is -3.20. The summed E-state index contributed by atoms with van der Waals surface area (Å²) >= 11 is 0. The van der Waals surface area contributed by atoms with Crippen molar-refractivity contribution in [2.75, 3.05) is 52.1 Å². The highest BCUT2D eigenvalue weighted by Gasteiger charge is 2.43. The highest BCUT2D eigenvalue weighted by molar-refractivity contribution is 7.88. The standard InChI is InChI=1S/C19H29N3O5S/c1-28(26,27)22-11-9-20(10-12-22)15-19(25)7-8-21(14-17(19)23)18(24)13-16-5-3-2-4-6-16/h2-6,17,23,25H,7-15H2,1H3/t17-,19-/m0/s1. The van der Waals surface area contributed by atoms with Gasteiger partial charge in [0.2, 0.25) is 15.9 Å². The van der Waals surface area contributed by atoms with E-state index in [1.807, 2.05) is 35.2 Å². The summed E-state index contributed by atoms with van der Waals surface area (Å²) in [6, 6.07) is 9.45. The number of hydrogen-bond acceptors (Lipinski definition) is 6. The Morgan fingerprint density at radius 2 is 1.79 bits per heavy atom. The van der Waals surface area contributed by atoms with Crippen LogP contribution in [0.25, 0.3) is 0 Å². The molecule has 0 saturated carbocycles. The molecular weight excluding hydrogens is 382 g/mol. The van der Waals surface area contributed by atoms with Crippen LogP contribution in [-0.2, 0) is 21.2 Å². The van der Waals surface area contributed by atoms with Gasteiger partial charge in [-0.15, -0.1) is 0 Å². The van der Waals surface area contributed by atoms with E-state index in [2.05, 4.69) is 0 Å². The van der Waals surface area contributed by atoms with Crippen molar-refractivity contribution in [3.05, 3.63) is 35.9 Å². The number of piperidine rings is 1. The van der Waals surface area contributed by atoms with E-state index in [0.29, 0.717) is 39.1 Å². The number of β-amino-alcohol motifs (C(OH)–C–C–N with tert-alkyl or cyclic N) is 2. The zero-order chi connectivity index (χ0) is 20.4. The van der Waals surface area contributed by atoms with Crippen LogP contribution in [0, 0.1) is 0 Å². The Balaban J connectivity index is 1.52. The van der Waals surface area contributed by atoms with Gasteiger partial charge < -0.3 is 15.1 Å². The predicted molar refractivity (Wildman–Crippen MR) is 105 cm³/mol. The maximum absolute atomic E-state index is 12.5. The number of amides is 1. The number of aliphatic hydroxyl groups is 2. The van der Waals surface area contributed by atoms with E-state index in [9.17, 15) is 23.4 Å². The third kappa shape index (κ3) is 5.09. The van der Waals surface area contributed by atoms with Crippen LogP contribution in [0.2, 0.25) is 0 Å². The van der Waals surface area contributed by atoms with Crippen molar-refractivity contribution in [3.63, 3.8) is 0 Å². The number of likely N-dealkylation sites (tertiary alicyclic amines) is 1. The molecule has 0 aromatic heterocycles. The summed E-state index contributed by atoms with van der Waals surface area (Å²) in [6.07, 6.45) is 0.733. The summed E-state index contributed by atoms with van der Waals surface area (Å²) in [5.74, 6) is -0.0610. The topological polar surface area (TPSA) is 101 Å². The van der Waals surface area contributed by atoms with Gasteiger partial charge in [-0.25, -0.2) is 8.42 Å². The third-order valence-corrected chi connectivity index (χ3v) is 6.98. The number of carbonyl (C=O) groups excluding carboxylic acids is 1. The number of nitrogens with zero attached hydrogens (tertiary/aromatic N) is 3. The van der Waals surface area contributed by atoms with Gasteiger partial charge in [-0.05, 0) is 12.0 Å². The molecule has 156 valence electrons. The number of benzene rings is 1. The molecule has 0 radical (unpaired) electrons. The van der Waals surface area contributed by atoms with Crippen LogP contribution in [0.3, 0.4) is 0 Å². The van der Waals surface area contributed by atoms with Crippen molar-refractivity contribution in [1.82, 2.24) is 14.1 Å². The predicted octanol–water partition coefficient (Wildman–Crippen LogP) is -0.869. The minimum absolute atomic E-state index is 0.0610. The Bertz CT molecular complexity index is 780. The molecule has 2 N–H and O–H groups in total. The summed E-state index contributed by atoms with van der Waals surface area (Å²) in [6.45, 7) is 2.55. The molecule has 0 unspecified atom stereocenters. The fourth-order valence-electron chi connectivity index (χ4n) is 3.86. The molecule has 0 spiro atoms. The number of rotatable bonds is 5. The van der Waals surface area contributed by atoms with Crippen LogP contribution in [0.5, 0.6) is 0 Å². The van der Waals surface area contributed by atoms with Crippen LogP contribution in [-0.4, -0.2) is 102 Å². The normalized spacial score (nSPS) is 27.7. The molecule has 28 heavy (non-hydrogen) atoms. The number of carbonyl (C=O) groups is 1. The lowest BCUT2D eigenvalue weighted by Crippen LogP contribution is -2.62. The molecule has 2 heterocycles. The van der Waals surface area contributed by atoms with E-state index in [-0.39, 0.29) is 25.4 Å². The summed E-state index contributed by atoms with van der Waals surface area (Å²) in [5.41, 5.74) is -0.372. The van der Waals surface area contributed by atoms with E-state index in [0.717, 1.165) is 5.56 Å². The van der Waals surface area contributed by atoms with Crippen LogP contribution in [0.15, 0.2) is 30.3 Å². The SMILES string of the molecule is CS(=O)(=O)N1CCN(C[C@@]2(O)CCN(C(=O)Cc3ccccc3)C[C@@H]2O)CC1. The second-order valence-electron chi connectivity index (χ2n) is 7.81. The molecule has 1 aromatic carbocycles. The lowest BCUT2D eigenvalue weighted by molar-refractivity contribution is -0.153. The third-order valence-electron chi connectivity index (χ3n) is 5.68. The van der Waals surface area contributed by atoms with Gasteiger partial charge in [0.05, 0.1) is 12.7 Å². The minimum atomic E-state index is -3.20. The first-order chi connectivity index (χ1) is 13.2. The molecule has 2 saturated heterocycles. The monoisotopic (exact) mass is 411 g/mol. The number of aliphatic hydroxyl groups excluding tert-OH is 1. The Morgan fingerprint density at radius 1 is 1.14 bits per heavy atom. The molecule has 9 heteroatoms. The highest BCUT2D eigenvalue weighted by Crippen LogP contribution is 2.25. The second-order valence-corrected chi connectivity index (χ2v) is 9.79. The molecular formula is C19H29N3O5S. The smallest absolute Gasteiger partial charge is 0.227 e. The zero-order valence-electron chi connectivity index (χ0n) is 16.2. The number of hydrogen-bond donors (Lipinski definition) is 2. The molecule has 0 bridgehead atoms. The molecule has 2 aliphatic heterocycles. The Kier molecular flexibility index (Phi) is 6.41. The fourth-order valence-corrected chi connectivity index (χ4v) is 4.69. The van der Waals surface area contributed by atoms with Gasteiger partial charge in [0.1, 0.15) is 11.7 Å². The molecule has 1 amide bonds. The second kappa shape index (κ2) is 8.46. The van der Waals surface area contributed by atoms with Gasteiger partial charge in [0.15, 0.2) is 0 Å². The lowest BCUT2D eigenvalue weighted by atomic mass is 9.87. The van der Waals surface area contributed by atoms with Crippen molar-refractivity contribution in [1.29, 1.82) is 0 Å². The zero-order valence-corrected chi connectivity index (χ0v) is 17.0. The van der Waals surface area contributed by atoms with E-state index in [4.69, 9.17) is 0 Å². The van der Waals surface area contributed by atoms with E-state index in [1.165, 1.54) is 10.6 Å². The van der Waals surface area contributed by atoms with Crippen LogP contribution in [0.4, 0.5) is 0 Å². The van der Waals surface area contributed by atoms with E-state index in [1.54, 1.807) is 4.90 Å². The van der Waals surface area contributed by atoms with E-state index >= 15 is 0 Å². The van der Waals surface area contributed by atoms with Crippen molar-refractivity contribution < 1.29 is 23.4 Å². The number of piperazine rings is 1. The van der Waals surface area contributed by atoms with Crippen molar-refractivity contribution in [3.8, 4) is 0 Å². The number of sulfonamides is 1. The maximum atomic E-state index is 12.5. The fraction of sp³-hybridized carbons (Fsp3) is 0.632. The van der Waals surface area contributed by atoms with Crippen LogP contribution >= 0.6 is 0 Å². The maximum Gasteiger partial charge on any atom is 0.227 e. The molecule has 2 fully saturated rings. The van der Waals surface area contributed by atoms with Gasteiger partial charge in [0.25, 0.3) is 0 Å². The van der Waals surface area contributed by atoms with Gasteiger partial charge >= 0.3 is 0 Å². The summed E-state index contributed by atoms with van der Waals surface area (Å²) < 4.78 is 24.6. The first-order valence-corrected chi connectivity index (χ1v) is 11.4. The molecule has 3 rings (SSSR count). The average Bonchev–Trinajstić information content (AvgIpc) is 2.64. The Hall–Kier alpha value is -1.52. The van der Waals surface area contributed by atoms with E-state index < -0.39 is 21.7 Å². The molecule has 2 aliphatic rings. The molecule has 0 aliphatic carbocycles. The van der Waals surface area contributed by atoms with Gasteiger partial charge in [-0.3, -0.25) is 9.69 Å². The first kappa shape index (κ1) is 21.2. The van der Waals surface area contributed by atoms with Gasteiger partial charge in [-0.1, -0.05) is 30.3 Å². The lowest BCUT2D eigenvalue weighted by Gasteiger charge is -2.45. The van der Waals surface area contributed by atoms with Crippen molar-refractivity contribution in [2.24, 2.45) is 0 Å². The molecule has 8 nitrogen and oxygen atoms in total.